The molecule has 0 radical (unpaired) electrons. The number of rotatable bonds is 8. The number of aromatic nitrogens is 2. The summed E-state index contributed by atoms with van der Waals surface area (Å²) in [6, 6.07) is 6.91. The van der Waals surface area contributed by atoms with Gasteiger partial charge in [0.05, 0.1) is 5.39 Å². The lowest BCUT2D eigenvalue weighted by molar-refractivity contribution is -0.137. The second-order valence-corrected chi connectivity index (χ2v) is 8.80. The van der Waals surface area contributed by atoms with Crippen LogP contribution in [0.25, 0.3) is 10.8 Å². The van der Waals surface area contributed by atoms with E-state index in [-0.39, 0.29) is 23.8 Å². The first-order valence-electron chi connectivity index (χ1n) is 11.4. The largest absolute Gasteiger partial charge is 0.451 e. The van der Waals surface area contributed by atoms with Gasteiger partial charge in [0.1, 0.15) is 0 Å². The summed E-state index contributed by atoms with van der Waals surface area (Å²) >= 11 is 0. The first kappa shape index (κ1) is 23.0. The van der Waals surface area contributed by atoms with E-state index < -0.39 is 5.97 Å². The summed E-state index contributed by atoms with van der Waals surface area (Å²) in [5.74, 6) is 0.00413. The first-order chi connectivity index (χ1) is 14.9. The van der Waals surface area contributed by atoms with Gasteiger partial charge in [-0.05, 0) is 30.7 Å². The van der Waals surface area contributed by atoms with Crippen molar-refractivity contribution in [1.29, 1.82) is 0 Å². The van der Waals surface area contributed by atoms with Gasteiger partial charge in [-0.2, -0.15) is 5.10 Å². The highest BCUT2D eigenvalue weighted by molar-refractivity contribution is 6.02. The highest BCUT2D eigenvalue weighted by atomic mass is 16.5. The molecule has 0 spiro atoms. The number of aryl methyl sites for hydroxylation is 1. The number of ether oxygens (including phenoxy) is 1. The first-order valence-corrected chi connectivity index (χ1v) is 11.4. The summed E-state index contributed by atoms with van der Waals surface area (Å²) in [4.78, 5) is 40.0. The third-order valence-corrected chi connectivity index (χ3v) is 5.83. The number of hydrogen-bond donors (Lipinski definition) is 0. The molecular formula is C24H33N3O4. The zero-order valence-corrected chi connectivity index (χ0v) is 18.8. The van der Waals surface area contributed by atoms with E-state index in [0.717, 1.165) is 32.1 Å². The number of fused-ring (bicyclic) bond motifs is 1. The number of likely N-dealkylation sites (tertiary alicyclic amines) is 1. The molecule has 1 aliphatic rings. The standard InChI is InChI=1S/C24H33N3O4/c1-4-5-6-9-12-27-23(29)20-11-8-7-10-19(20)22(25-27)24(30)31-16-21(28)26-14-17(2)13-18(3)15-26/h7-8,10-11,17-18H,4-6,9,12-16H2,1-3H3. The molecule has 0 N–H and O–H groups in total. The summed E-state index contributed by atoms with van der Waals surface area (Å²) < 4.78 is 6.70. The monoisotopic (exact) mass is 427 g/mol. The molecule has 168 valence electrons. The molecule has 2 atom stereocenters. The lowest BCUT2D eigenvalue weighted by atomic mass is 9.92. The number of unbranched alkanes of at least 4 members (excludes halogenated alkanes) is 3. The van der Waals surface area contributed by atoms with Crippen molar-refractivity contribution in [3.8, 4) is 0 Å². The van der Waals surface area contributed by atoms with E-state index in [1.54, 1.807) is 29.2 Å². The zero-order chi connectivity index (χ0) is 22.4. The van der Waals surface area contributed by atoms with Gasteiger partial charge in [-0.25, -0.2) is 9.48 Å². The van der Waals surface area contributed by atoms with E-state index in [1.807, 2.05) is 0 Å². The fourth-order valence-corrected chi connectivity index (χ4v) is 4.38. The van der Waals surface area contributed by atoms with Crippen LogP contribution in [-0.4, -0.2) is 46.3 Å². The number of benzene rings is 1. The quantitative estimate of drug-likeness (QED) is 0.475. The lowest BCUT2D eigenvalue weighted by Crippen LogP contribution is -2.44. The Hall–Kier alpha value is -2.70. The van der Waals surface area contributed by atoms with Gasteiger partial charge in [0.15, 0.2) is 12.3 Å². The third kappa shape index (κ3) is 5.71. The van der Waals surface area contributed by atoms with E-state index in [1.165, 1.54) is 4.68 Å². The molecule has 0 saturated carbocycles. The fourth-order valence-electron chi connectivity index (χ4n) is 4.38. The second kappa shape index (κ2) is 10.6. The van der Waals surface area contributed by atoms with Crippen molar-refractivity contribution in [3.63, 3.8) is 0 Å². The van der Waals surface area contributed by atoms with Crippen LogP contribution < -0.4 is 5.56 Å². The molecule has 7 nitrogen and oxygen atoms in total. The van der Waals surface area contributed by atoms with Gasteiger partial charge < -0.3 is 9.64 Å². The number of esters is 1. The Morgan fingerprint density at radius 2 is 1.74 bits per heavy atom. The molecule has 7 heteroatoms. The average Bonchev–Trinajstić information content (AvgIpc) is 2.75. The van der Waals surface area contributed by atoms with Crippen molar-refractivity contribution in [3.05, 3.63) is 40.3 Å². The Balaban J connectivity index is 1.75. The maximum Gasteiger partial charge on any atom is 0.359 e. The molecule has 0 bridgehead atoms. The van der Waals surface area contributed by atoms with Gasteiger partial charge >= 0.3 is 5.97 Å². The van der Waals surface area contributed by atoms with E-state index >= 15 is 0 Å². The molecule has 1 aromatic heterocycles. The van der Waals surface area contributed by atoms with Crippen LogP contribution in [0.3, 0.4) is 0 Å². The second-order valence-electron chi connectivity index (χ2n) is 8.80. The number of nitrogens with zero attached hydrogens (tertiary/aromatic N) is 3. The summed E-state index contributed by atoms with van der Waals surface area (Å²) in [6.45, 7) is 7.88. The Bertz CT molecular complexity index is 974. The number of piperidine rings is 1. The Morgan fingerprint density at radius 3 is 2.42 bits per heavy atom. The van der Waals surface area contributed by atoms with Crippen LogP contribution in [0.5, 0.6) is 0 Å². The fraction of sp³-hybridized carbons (Fsp3) is 0.583. The van der Waals surface area contributed by atoms with E-state index in [9.17, 15) is 14.4 Å². The molecule has 2 aromatic rings. The van der Waals surface area contributed by atoms with E-state index in [0.29, 0.717) is 42.2 Å². The maximum atomic E-state index is 12.8. The molecule has 3 rings (SSSR count). The minimum atomic E-state index is -0.676. The Morgan fingerprint density at radius 1 is 1.06 bits per heavy atom. The molecule has 2 heterocycles. The normalized spacial score (nSPS) is 18.9. The van der Waals surface area contributed by atoms with Gasteiger partial charge in [0, 0.05) is 25.0 Å². The van der Waals surface area contributed by atoms with E-state index in [2.05, 4.69) is 25.9 Å². The van der Waals surface area contributed by atoms with Crippen LogP contribution in [0.1, 0.15) is 63.4 Å². The van der Waals surface area contributed by atoms with Crippen molar-refractivity contribution in [2.45, 2.75) is 59.4 Å². The summed E-state index contributed by atoms with van der Waals surface area (Å²) in [6.07, 6.45) is 5.10. The van der Waals surface area contributed by atoms with Crippen molar-refractivity contribution in [1.82, 2.24) is 14.7 Å². The average molecular weight is 428 g/mol. The van der Waals surface area contributed by atoms with Crippen LogP contribution >= 0.6 is 0 Å². The molecule has 2 unspecified atom stereocenters. The van der Waals surface area contributed by atoms with Crippen LogP contribution in [0, 0.1) is 11.8 Å². The third-order valence-electron chi connectivity index (χ3n) is 5.83. The summed E-state index contributed by atoms with van der Waals surface area (Å²) in [5.41, 5.74) is -0.130. The van der Waals surface area contributed by atoms with Crippen molar-refractivity contribution >= 4 is 22.6 Å². The van der Waals surface area contributed by atoms with Crippen molar-refractivity contribution in [2.75, 3.05) is 19.7 Å². The highest BCUT2D eigenvalue weighted by Gasteiger charge is 2.26. The van der Waals surface area contributed by atoms with Crippen LogP contribution in [0.2, 0.25) is 0 Å². The number of hydrogen-bond acceptors (Lipinski definition) is 5. The van der Waals surface area contributed by atoms with Gasteiger partial charge in [0.2, 0.25) is 0 Å². The molecule has 1 fully saturated rings. The van der Waals surface area contributed by atoms with Gasteiger partial charge in [0.25, 0.3) is 11.5 Å². The number of carbonyl (C=O) groups is 2. The smallest absolute Gasteiger partial charge is 0.359 e. The van der Waals surface area contributed by atoms with Gasteiger partial charge in [-0.3, -0.25) is 9.59 Å². The molecule has 1 saturated heterocycles. The SMILES string of the molecule is CCCCCCn1nc(C(=O)OCC(=O)N2CC(C)CC(C)C2)c2ccccc2c1=O. The van der Waals surface area contributed by atoms with Crippen molar-refractivity contribution < 1.29 is 14.3 Å². The number of carbonyl (C=O) groups excluding carboxylic acids is 2. The minimum Gasteiger partial charge on any atom is -0.451 e. The highest BCUT2D eigenvalue weighted by Crippen LogP contribution is 2.21. The minimum absolute atomic E-state index is 0.0823. The maximum absolute atomic E-state index is 12.8. The van der Waals surface area contributed by atoms with Crippen LogP contribution in [-0.2, 0) is 16.1 Å². The molecule has 0 aliphatic carbocycles. The molecule has 1 aliphatic heterocycles. The summed E-state index contributed by atoms with van der Waals surface area (Å²) in [5, 5.41) is 5.21. The molecule has 1 aromatic carbocycles. The van der Waals surface area contributed by atoms with Crippen LogP contribution in [0.4, 0.5) is 0 Å². The van der Waals surface area contributed by atoms with Gasteiger partial charge in [-0.15, -0.1) is 0 Å². The number of amides is 1. The Kier molecular flexibility index (Phi) is 7.82. The molecule has 1 amide bonds. The van der Waals surface area contributed by atoms with Crippen LogP contribution in [0.15, 0.2) is 29.1 Å². The predicted octanol–water partition coefficient (Wildman–Crippen LogP) is 3.64. The van der Waals surface area contributed by atoms with Crippen molar-refractivity contribution in [2.24, 2.45) is 11.8 Å². The summed E-state index contributed by atoms with van der Waals surface area (Å²) in [7, 11) is 0. The topological polar surface area (TPSA) is 81.5 Å². The zero-order valence-electron chi connectivity index (χ0n) is 18.8. The van der Waals surface area contributed by atoms with Gasteiger partial charge in [-0.1, -0.05) is 58.2 Å². The molecular weight excluding hydrogens is 394 g/mol. The van der Waals surface area contributed by atoms with E-state index in [4.69, 9.17) is 4.74 Å². The molecule has 31 heavy (non-hydrogen) atoms. The Labute approximate surface area is 183 Å². The lowest BCUT2D eigenvalue weighted by Gasteiger charge is -2.34. The predicted molar refractivity (Wildman–Crippen MR) is 120 cm³/mol.